The van der Waals surface area contributed by atoms with Crippen LogP contribution >= 0.6 is 0 Å². The van der Waals surface area contributed by atoms with Gasteiger partial charge in [0.25, 0.3) is 5.56 Å². The van der Waals surface area contributed by atoms with E-state index in [1.165, 1.54) is 19.3 Å². The monoisotopic (exact) mass is 467 g/mol. The Labute approximate surface area is 201 Å². The molecule has 0 spiro atoms. The second-order valence-electron chi connectivity index (χ2n) is 9.67. The molecule has 3 aliphatic rings. The van der Waals surface area contributed by atoms with Crippen molar-refractivity contribution in [1.82, 2.24) is 25.7 Å². The minimum atomic E-state index is -0.108. The Morgan fingerprint density at radius 1 is 1.12 bits per heavy atom. The fraction of sp³-hybridized carbons (Fsp3) is 0.640. The van der Waals surface area contributed by atoms with Crippen LogP contribution in [0.4, 0.5) is 11.5 Å². The third-order valence-corrected chi connectivity index (χ3v) is 7.45. The summed E-state index contributed by atoms with van der Waals surface area (Å²) in [4.78, 5) is 28.4. The number of nitrogens with zero attached hydrogens (tertiary/aromatic N) is 4. The molecule has 9 nitrogen and oxygen atoms in total. The number of H-pyrrole nitrogens is 1. The first-order valence-corrected chi connectivity index (χ1v) is 12.8. The van der Waals surface area contributed by atoms with Gasteiger partial charge in [0.2, 0.25) is 5.88 Å². The third kappa shape index (κ3) is 4.38. The largest absolute Gasteiger partial charge is 0.477 e. The van der Waals surface area contributed by atoms with Crippen LogP contribution < -0.4 is 30.9 Å². The Kier molecular flexibility index (Phi) is 6.74. The van der Waals surface area contributed by atoms with Gasteiger partial charge >= 0.3 is 0 Å². The lowest BCUT2D eigenvalue weighted by Crippen LogP contribution is -2.45. The summed E-state index contributed by atoms with van der Waals surface area (Å²) in [5, 5.41) is 5.45. The highest BCUT2D eigenvalue weighted by molar-refractivity contribution is 5.67. The predicted octanol–water partition coefficient (Wildman–Crippen LogP) is 3.14. The van der Waals surface area contributed by atoms with E-state index in [-0.39, 0.29) is 11.6 Å². The summed E-state index contributed by atoms with van der Waals surface area (Å²) < 4.78 is 5.93. The zero-order valence-electron chi connectivity index (χ0n) is 20.6. The molecule has 0 amide bonds. The normalized spacial score (nSPS) is 21.7. The SMILES string of the molecule is CCOc1nc(N2CCC(NC)CC2)ccc1-c1nc2c(c(=O)[nH]1)N(C1CCCCC1)NC2C. The topological polar surface area (TPSA) is 98.4 Å². The number of hydrazine groups is 1. The standard InChI is InChI=1S/C25H37N7O2/c1-4-34-25-19(10-11-20(27-25)31-14-12-17(26-3)13-15-31)23-28-21-16(2)30-32(22(21)24(33)29-23)18-8-6-5-7-9-18/h10-11,16-18,26,30H,4-9,12-15H2,1-3H3,(H,28,29,33). The van der Waals surface area contributed by atoms with Crippen molar-refractivity contribution in [2.24, 2.45) is 0 Å². The molecule has 2 aliphatic heterocycles. The molecule has 0 aromatic carbocycles. The summed E-state index contributed by atoms with van der Waals surface area (Å²) in [5.74, 6) is 1.93. The Bertz CT molecular complexity index is 1060. The molecule has 2 aromatic heterocycles. The summed E-state index contributed by atoms with van der Waals surface area (Å²) >= 11 is 0. The van der Waals surface area contributed by atoms with Crippen LogP contribution in [0.3, 0.4) is 0 Å². The van der Waals surface area contributed by atoms with Gasteiger partial charge in [-0.05, 0) is 58.7 Å². The average molecular weight is 468 g/mol. The van der Waals surface area contributed by atoms with E-state index in [0.717, 1.165) is 55.8 Å². The van der Waals surface area contributed by atoms with E-state index in [2.05, 4.69) is 32.6 Å². The van der Waals surface area contributed by atoms with Gasteiger partial charge < -0.3 is 19.9 Å². The van der Waals surface area contributed by atoms with Gasteiger partial charge in [0.05, 0.1) is 23.9 Å². The second-order valence-corrected chi connectivity index (χ2v) is 9.67. The van der Waals surface area contributed by atoms with E-state index in [1.54, 1.807) is 0 Å². The maximum Gasteiger partial charge on any atom is 0.276 e. The number of fused-ring (bicyclic) bond motifs is 1. The van der Waals surface area contributed by atoms with Gasteiger partial charge in [0, 0.05) is 25.2 Å². The van der Waals surface area contributed by atoms with Crippen LogP contribution in [0.5, 0.6) is 5.88 Å². The molecule has 0 bridgehead atoms. The maximum absolute atomic E-state index is 13.3. The summed E-state index contributed by atoms with van der Waals surface area (Å²) in [6.07, 6.45) is 8.07. The molecule has 4 heterocycles. The molecule has 3 N–H and O–H groups in total. The summed E-state index contributed by atoms with van der Waals surface area (Å²) in [5.41, 5.74) is 5.58. The highest BCUT2D eigenvalue weighted by Gasteiger charge is 2.35. The van der Waals surface area contributed by atoms with Crippen molar-refractivity contribution in [3.8, 4) is 17.3 Å². The number of aromatic amines is 1. The Morgan fingerprint density at radius 3 is 2.59 bits per heavy atom. The molecule has 1 saturated carbocycles. The maximum atomic E-state index is 13.3. The average Bonchev–Trinajstić information content (AvgIpc) is 3.21. The van der Waals surface area contributed by atoms with Crippen LogP contribution in [0, 0.1) is 0 Å². The van der Waals surface area contributed by atoms with Crippen LogP contribution in [0.25, 0.3) is 11.4 Å². The van der Waals surface area contributed by atoms with Crippen molar-refractivity contribution in [2.45, 2.75) is 76.9 Å². The van der Waals surface area contributed by atoms with Crippen molar-refractivity contribution >= 4 is 11.5 Å². The molecule has 9 heteroatoms. The number of rotatable bonds is 6. The smallest absolute Gasteiger partial charge is 0.276 e. The first-order chi connectivity index (χ1) is 16.6. The first-order valence-electron chi connectivity index (χ1n) is 12.8. The van der Waals surface area contributed by atoms with E-state index in [4.69, 9.17) is 14.7 Å². The lowest BCUT2D eigenvalue weighted by Gasteiger charge is -2.33. The van der Waals surface area contributed by atoms with Gasteiger partial charge in [-0.25, -0.2) is 10.4 Å². The van der Waals surface area contributed by atoms with E-state index >= 15 is 0 Å². The highest BCUT2D eigenvalue weighted by Crippen LogP contribution is 2.36. The Hall–Kier alpha value is -2.65. The highest BCUT2D eigenvalue weighted by atomic mass is 16.5. The van der Waals surface area contributed by atoms with E-state index in [1.807, 2.05) is 26.1 Å². The number of nitrogens with one attached hydrogen (secondary N) is 3. The molecule has 184 valence electrons. The molecule has 1 saturated heterocycles. The van der Waals surface area contributed by atoms with Gasteiger partial charge in [-0.3, -0.25) is 9.80 Å². The lowest BCUT2D eigenvalue weighted by molar-refractivity contribution is 0.328. The van der Waals surface area contributed by atoms with E-state index < -0.39 is 0 Å². The fourth-order valence-corrected chi connectivity index (χ4v) is 5.54. The zero-order valence-corrected chi connectivity index (χ0v) is 20.6. The minimum Gasteiger partial charge on any atom is -0.477 e. The molecular weight excluding hydrogens is 430 g/mol. The Balaban J connectivity index is 1.46. The number of ether oxygens (including phenoxy) is 1. The molecule has 0 radical (unpaired) electrons. The third-order valence-electron chi connectivity index (χ3n) is 7.45. The summed E-state index contributed by atoms with van der Waals surface area (Å²) in [6.45, 7) is 6.42. The van der Waals surface area contributed by atoms with Gasteiger partial charge in [0.15, 0.2) is 0 Å². The van der Waals surface area contributed by atoms with Crippen molar-refractivity contribution < 1.29 is 4.74 Å². The molecule has 5 rings (SSSR count). The number of piperidine rings is 1. The number of hydrogen-bond donors (Lipinski definition) is 3. The number of aromatic nitrogens is 3. The predicted molar refractivity (Wildman–Crippen MR) is 134 cm³/mol. The lowest BCUT2D eigenvalue weighted by atomic mass is 9.95. The number of pyridine rings is 1. The summed E-state index contributed by atoms with van der Waals surface area (Å²) in [7, 11) is 2.02. The molecule has 2 fully saturated rings. The van der Waals surface area contributed by atoms with Crippen LogP contribution in [-0.4, -0.2) is 53.8 Å². The van der Waals surface area contributed by atoms with Gasteiger partial charge in [0.1, 0.15) is 17.3 Å². The quantitative estimate of drug-likeness (QED) is 0.596. The van der Waals surface area contributed by atoms with Crippen molar-refractivity contribution in [3.05, 3.63) is 28.2 Å². The van der Waals surface area contributed by atoms with Crippen molar-refractivity contribution in [1.29, 1.82) is 0 Å². The van der Waals surface area contributed by atoms with Crippen LogP contribution in [0.1, 0.15) is 70.5 Å². The second kappa shape index (κ2) is 9.92. The van der Waals surface area contributed by atoms with Gasteiger partial charge in [-0.1, -0.05) is 19.3 Å². The zero-order chi connectivity index (χ0) is 23.7. The Morgan fingerprint density at radius 2 is 1.88 bits per heavy atom. The number of hydrogen-bond acceptors (Lipinski definition) is 8. The number of anilines is 2. The molecule has 2 aromatic rings. The van der Waals surface area contributed by atoms with Crippen LogP contribution in [-0.2, 0) is 0 Å². The molecular formula is C25H37N7O2. The fourth-order valence-electron chi connectivity index (χ4n) is 5.54. The van der Waals surface area contributed by atoms with Gasteiger partial charge in [-0.15, -0.1) is 0 Å². The summed E-state index contributed by atoms with van der Waals surface area (Å²) in [6, 6.07) is 4.88. The molecule has 1 atom stereocenters. The molecule has 34 heavy (non-hydrogen) atoms. The minimum absolute atomic E-state index is 0.0192. The van der Waals surface area contributed by atoms with Crippen molar-refractivity contribution in [3.63, 3.8) is 0 Å². The van der Waals surface area contributed by atoms with E-state index in [9.17, 15) is 4.79 Å². The van der Waals surface area contributed by atoms with Crippen molar-refractivity contribution in [2.75, 3.05) is 36.7 Å². The van der Waals surface area contributed by atoms with Gasteiger partial charge in [-0.2, -0.15) is 4.98 Å². The van der Waals surface area contributed by atoms with E-state index in [0.29, 0.717) is 36.1 Å². The molecule has 1 unspecified atom stereocenters. The van der Waals surface area contributed by atoms with Crippen LogP contribution in [0.2, 0.25) is 0 Å². The molecule has 1 aliphatic carbocycles. The van der Waals surface area contributed by atoms with Crippen LogP contribution in [0.15, 0.2) is 16.9 Å². The first kappa shape index (κ1) is 23.1.